The maximum Gasteiger partial charge on any atom is 0.363 e. The zero-order valence-corrected chi connectivity index (χ0v) is 16.4. The van der Waals surface area contributed by atoms with Gasteiger partial charge in [0, 0.05) is 10.0 Å². The van der Waals surface area contributed by atoms with Gasteiger partial charge < -0.3 is 14.2 Å². The third-order valence-corrected chi connectivity index (χ3v) is 4.17. The molecule has 1 aliphatic rings. The van der Waals surface area contributed by atoms with Crippen LogP contribution >= 0.6 is 15.9 Å². The molecule has 0 spiro atoms. The molecule has 138 valence electrons. The highest BCUT2D eigenvalue weighted by Gasteiger charge is 2.24. The van der Waals surface area contributed by atoms with Gasteiger partial charge in [-0.25, -0.2) is 9.79 Å². The van der Waals surface area contributed by atoms with E-state index in [1.54, 1.807) is 24.3 Å². The van der Waals surface area contributed by atoms with E-state index in [0.717, 1.165) is 15.6 Å². The van der Waals surface area contributed by atoms with Crippen molar-refractivity contribution in [1.29, 1.82) is 0 Å². The van der Waals surface area contributed by atoms with Crippen LogP contribution in [0.1, 0.15) is 18.1 Å². The molecule has 0 aliphatic carbocycles. The Morgan fingerprint density at radius 3 is 2.63 bits per heavy atom. The summed E-state index contributed by atoms with van der Waals surface area (Å²) in [5.74, 6) is 1.01. The number of ether oxygens (including phenoxy) is 3. The molecule has 0 atom stereocenters. The van der Waals surface area contributed by atoms with Gasteiger partial charge in [0.05, 0.1) is 6.61 Å². The van der Waals surface area contributed by atoms with E-state index in [1.807, 2.05) is 37.3 Å². The standard InChI is InChI=1S/C21H18BrNO4/c1-3-11-26-18-10-5-14(13-19(18)25-4-2)12-17-21(24)27-20(23-17)15-6-8-16(22)9-7-15/h3,5-10,12-13H,1,4,11H2,2H3. The Balaban J connectivity index is 1.88. The van der Waals surface area contributed by atoms with Crippen molar-refractivity contribution >= 4 is 33.9 Å². The third-order valence-electron chi connectivity index (χ3n) is 3.64. The normalized spacial score (nSPS) is 14.7. The molecule has 0 aromatic heterocycles. The largest absolute Gasteiger partial charge is 0.490 e. The molecule has 1 aliphatic heterocycles. The SMILES string of the molecule is C=CCOc1ccc(C=C2N=C(c3ccc(Br)cc3)OC2=O)cc1OCC. The monoisotopic (exact) mass is 427 g/mol. The summed E-state index contributed by atoms with van der Waals surface area (Å²) in [6.45, 7) is 6.41. The van der Waals surface area contributed by atoms with E-state index in [-0.39, 0.29) is 11.6 Å². The fourth-order valence-electron chi connectivity index (χ4n) is 2.43. The van der Waals surface area contributed by atoms with Gasteiger partial charge in [0.2, 0.25) is 5.90 Å². The summed E-state index contributed by atoms with van der Waals surface area (Å²) in [5, 5.41) is 0. The molecular formula is C21H18BrNO4. The van der Waals surface area contributed by atoms with E-state index < -0.39 is 5.97 Å². The number of nitrogens with zero attached hydrogens (tertiary/aromatic N) is 1. The van der Waals surface area contributed by atoms with Crippen LogP contribution in [0.5, 0.6) is 11.5 Å². The van der Waals surface area contributed by atoms with Crippen molar-refractivity contribution in [2.75, 3.05) is 13.2 Å². The van der Waals surface area contributed by atoms with Gasteiger partial charge >= 0.3 is 5.97 Å². The van der Waals surface area contributed by atoms with Crippen LogP contribution < -0.4 is 9.47 Å². The number of cyclic esters (lactones) is 1. The van der Waals surface area contributed by atoms with Gasteiger partial charge in [0.1, 0.15) is 6.61 Å². The van der Waals surface area contributed by atoms with E-state index in [1.165, 1.54) is 0 Å². The molecule has 0 saturated carbocycles. The second kappa shape index (κ2) is 8.68. The summed E-state index contributed by atoms with van der Waals surface area (Å²) in [6.07, 6.45) is 3.33. The number of hydrogen-bond donors (Lipinski definition) is 0. The van der Waals surface area contributed by atoms with Crippen molar-refractivity contribution in [3.05, 3.63) is 76.4 Å². The number of carbonyl (C=O) groups excluding carboxylic acids is 1. The molecule has 6 heteroatoms. The molecular weight excluding hydrogens is 410 g/mol. The van der Waals surface area contributed by atoms with Gasteiger partial charge in [-0.15, -0.1) is 0 Å². The fourth-order valence-corrected chi connectivity index (χ4v) is 2.70. The van der Waals surface area contributed by atoms with Crippen LogP contribution in [0.3, 0.4) is 0 Å². The number of hydrogen-bond acceptors (Lipinski definition) is 5. The summed E-state index contributed by atoms with van der Waals surface area (Å²) >= 11 is 3.38. The lowest BCUT2D eigenvalue weighted by Gasteiger charge is -2.11. The second-order valence-electron chi connectivity index (χ2n) is 5.58. The number of esters is 1. The van der Waals surface area contributed by atoms with Gasteiger partial charge in [-0.1, -0.05) is 34.7 Å². The highest BCUT2D eigenvalue weighted by molar-refractivity contribution is 9.10. The lowest BCUT2D eigenvalue weighted by molar-refractivity contribution is -0.129. The molecule has 0 radical (unpaired) electrons. The van der Waals surface area contributed by atoms with Crippen molar-refractivity contribution in [1.82, 2.24) is 0 Å². The van der Waals surface area contributed by atoms with Crippen molar-refractivity contribution < 1.29 is 19.0 Å². The Hall–Kier alpha value is -2.86. The topological polar surface area (TPSA) is 57.1 Å². The van der Waals surface area contributed by atoms with Gasteiger partial charge in [0.25, 0.3) is 0 Å². The maximum atomic E-state index is 12.2. The number of aliphatic imine (C=N–C) groups is 1. The summed E-state index contributed by atoms with van der Waals surface area (Å²) < 4.78 is 17.4. The molecule has 0 N–H and O–H groups in total. The predicted molar refractivity (Wildman–Crippen MR) is 108 cm³/mol. The summed E-state index contributed by atoms with van der Waals surface area (Å²) in [7, 11) is 0. The first-order chi connectivity index (χ1) is 13.1. The molecule has 0 saturated heterocycles. The zero-order chi connectivity index (χ0) is 19.2. The summed E-state index contributed by atoms with van der Waals surface area (Å²) in [5.41, 5.74) is 1.73. The minimum absolute atomic E-state index is 0.232. The van der Waals surface area contributed by atoms with E-state index >= 15 is 0 Å². The molecule has 2 aromatic rings. The van der Waals surface area contributed by atoms with E-state index in [2.05, 4.69) is 27.5 Å². The van der Waals surface area contributed by atoms with Crippen LogP contribution in [-0.2, 0) is 9.53 Å². The Kier molecular flexibility index (Phi) is 6.08. The highest BCUT2D eigenvalue weighted by Crippen LogP contribution is 2.30. The fraction of sp³-hybridized carbons (Fsp3) is 0.143. The van der Waals surface area contributed by atoms with Gasteiger partial charge in [-0.05, 0) is 55.0 Å². The average molecular weight is 428 g/mol. The first-order valence-electron chi connectivity index (χ1n) is 8.39. The average Bonchev–Trinajstić information content (AvgIpc) is 3.02. The van der Waals surface area contributed by atoms with Gasteiger partial charge in [0.15, 0.2) is 17.2 Å². The molecule has 27 heavy (non-hydrogen) atoms. The number of rotatable bonds is 7. The Morgan fingerprint density at radius 1 is 1.15 bits per heavy atom. The highest BCUT2D eigenvalue weighted by atomic mass is 79.9. The Labute approximate surface area is 166 Å². The van der Waals surface area contributed by atoms with Gasteiger partial charge in [-0.2, -0.15) is 0 Å². The quantitative estimate of drug-likeness (QED) is 0.363. The molecule has 1 heterocycles. The van der Waals surface area contributed by atoms with Crippen molar-refractivity contribution in [2.45, 2.75) is 6.92 Å². The van der Waals surface area contributed by atoms with Gasteiger partial charge in [-0.3, -0.25) is 0 Å². The minimum Gasteiger partial charge on any atom is -0.490 e. The smallest absolute Gasteiger partial charge is 0.363 e. The maximum absolute atomic E-state index is 12.2. The summed E-state index contributed by atoms with van der Waals surface area (Å²) in [6, 6.07) is 12.8. The van der Waals surface area contributed by atoms with Crippen LogP contribution in [0.15, 0.2) is 70.3 Å². The number of benzene rings is 2. The van der Waals surface area contributed by atoms with Crippen LogP contribution in [0.4, 0.5) is 0 Å². The zero-order valence-electron chi connectivity index (χ0n) is 14.8. The van der Waals surface area contributed by atoms with Crippen molar-refractivity contribution in [3.8, 4) is 11.5 Å². The Bertz CT molecular complexity index is 916. The van der Waals surface area contributed by atoms with Crippen LogP contribution in [-0.4, -0.2) is 25.1 Å². The van der Waals surface area contributed by atoms with E-state index in [0.29, 0.717) is 24.7 Å². The molecule has 0 unspecified atom stereocenters. The lowest BCUT2D eigenvalue weighted by Crippen LogP contribution is -2.05. The van der Waals surface area contributed by atoms with Crippen LogP contribution in [0.25, 0.3) is 6.08 Å². The molecule has 3 rings (SSSR count). The molecule has 0 fully saturated rings. The molecule has 0 amide bonds. The van der Waals surface area contributed by atoms with Crippen LogP contribution in [0.2, 0.25) is 0 Å². The van der Waals surface area contributed by atoms with E-state index in [9.17, 15) is 4.79 Å². The number of carbonyl (C=O) groups is 1. The first kappa shape index (κ1) is 18.9. The number of halogens is 1. The Morgan fingerprint density at radius 2 is 1.93 bits per heavy atom. The lowest BCUT2D eigenvalue weighted by atomic mass is 10.1. The molecule has 0 bridgehead atoms. The minimum atomic E-state index is -0.488. The first-order valence-corrected chi connectivity index (χ1v) is 9.19. The second-order valence-corrected chi connectivity index (χ2v) is 6.50. The predicted octanol–water partition coefficient (Wildman–Crippen LogP) is 4.76. The van der Waals surface area contributed by atoms with Crippen molar-refractivity contribution in [2.24, 2.45) is 4.99 Å². The van der Waals surface area contributed by atoms with Crippen LogP contribution in [0, 0.1) is 0 Å². The molecule has 2 aromatic carbocycles. The van der Waals surface area contributed by atoms with E-state index in [4.69, 9.17) is 14.2 Å². The summed E-state index contributed by atoms with van der Waals surface area (Å²) in [4.78, 5) is 16.5. The third kappa shape index (κ3) is 4.65. The molecule has 5 nitrogen and oxygen atoms in total. The van der Waals surface area contributed by atoms with Crippen molar-refractivity contribution in [3.63, 3.8) is 0 Å².